The summed E-state index contributed by atoms with van der Waals surface area (Å²) >= 11 is 0. The third-order valence-corrected chi connectivity index (χ3v) is 2.69. The van der Waals surface area contributed by atoms with Gasteiger partial charge in [0.25, 0.3) is 0 Å². The quantitative estimate of drug-likeness (QED) is 0.539. The van der Waals surface area contributed by atoms with Gasteiger partial charge in [0.2, 0.25) is 0 Å². The lowest BCUT2D eigenvalue weighted by Gasteiger charge is -2.21. The predicted octanol–water partition coefficient (Wildman–Crippen LogP) is -0.168. The average molecular weight is 144 g/mol. The Bertz CT molecular complexity index is 134. The molecule has 0 heterocycles. The third-order valence-electron chi connectivity index (χ3n) is 2.69. The monoisotopic (exact) mass is 144 g/mol. The lowest BCUT2D eigenvalue weighted by atomic mass is 10.1. The van der Waals surface area contributed by atoms with E-state index in [0.29, 0.717) is 0 Å². The van der Waals surface area contributed by atoms with Crippen LogP contribution < -0.4 is 11.8 Å². The molecule has 0 aliphatic heterocycles. The summed E-state index contributed by atoms with van der Waals surface area (Å²) in [5.74, 6) is 10.3. The summed E-state index contributed by atoms with van der Waals surface area (Å²) in [5, 5.41) is 0. The molecule has 0 saturated heterocycles. The summed E-state index contributed by atoms with van der Waals surface area (Å²) in [7, 11) is 0. The molecule has 0 aromatic heterocycles. The molecule has 0 radical (unpaired) electrons. The maximum Gasteiger partial charge on any atom is 0.120 e. The van der Waals surface area contributed by atoms with Crippen molar-refractivity contribution in [3.05, 3.63) is 0 Å². The first-order valence-electron chi connectivity index (χ1n) is 3.54. The van der Waals surface area contributed by atoms with E-state index in [-0.39, 0.29) is 11.2 Å². The van der Waals surface area contributed by atoms with E-state index in [9.17, 15) is 0 Å². The smallest absolute Gasteiger partial charge is 0.120 e. The standard InChI is InChI=1S/C6H12N2O2/c7-9-5(1-2-5)6(10-8)3-4-6/h1-4,7-8H2. The fourth-order valence-electron chi connectivity index (χ4n) is 1.59. The Balaban J connectivity index is 2.10. The minimum Gasteiger partial charge on any atom is -0.295 e. The molecule has 0 unspecified atom stereocenters. The van der Waals surface area contributed by atoms with Gasteiger partial charge in [0.05, 0.1) is 0 Å². The van der Waals surface area contributed by atoms with E-state index < -0.39 is 0 Å². The average Bonchev–Trinajstić information content (AvgIpc) is 2.84. The van der Waals surface area contributed by atoms with Crippen molar-refractivity contribution in [2.75, 3.05) is 0 Å². The molecular formula is C6H12N2O2. The first kappa shape index (κ1) is 6.54. The van der Waals surface area contributed by atoms with E-state index in [1.807, 2.05) is 0 Å². The number of nitrogens with two attached hydrogens (primary N) is 2. The Kier molecular flexibility index (Phi) is 1.12. The van der Waals surface area contributed by atoms with Crippen molar-refractivity contribution < 1.29 is 9.68 Å². The Morgan fingerprint density at radius 2 is 1.10 bits per heavy atom. The van der Waals surface area contributed by atoms with Crippen molar-refractivity contribution in [2.45, 2.75) is 36.9 Å². The minimum absolute atomic E-state index is 0.220. The van der Waals surface area contributed by atoms with Crippen LogP contribution in [-0.2, 0) is 9.68 Å². The fraction of sp³-hybridized carbons (Fsp3) is 1.00. The number of rotatable bonds is 3. The molecule has 0 amide bonds. The largest absolute Gasteiger partial charge is 0.295 e. The molecule has 4 N–H and O–H groups in total. The molecule has 2 fully saturated rings. The van der Waals surface area contributed by atoms with E-state index in [2.05, 4.69) is 0 Å². The van der Waals surface area contributed by atoms with E-state index in [0.717, 1.165) is 25.7 Å². The molecule has 2 saturated carbocycles. The summed E-state index contributed by atoms with van der Waals surface area (Å²) in [6.45, 7) is 0. The second-order valence-electron chi connectivity index (χ2n) is 3.22. The van der Waals surface area contributed by atoms with Gasteiger partial charge in [-0.25, -0.2) is 11.8 Å². The summed E-state index contributed by atoms with van der Waals surface area (Å²) in [6.07, 6.45) is 3.95. The highest BCUT2D eigenvalue weighted by Gasteiger charge is 2.68. The molecule has 2 aliphatic rings. The number of hydrogen-bond donors (Lipinski definition) is 2. The first-order valence-corrected chi connectivity index (χ1v) is 3.54. The van der Waals surface area contributed by atoms with Crippen LogP contribution in [0.3, 0.4) is 0 Å². The van der Waals surface area contributed by atoms with Crippen LogP contribution in [0.15, 0.2) is 0 Å². The van der Waals surface area contributed by atoms with Gasteiger partial charge in [-0.15, -0.1) is 0 Å². The van der Waals surface area contributed by atoms with Gasteiger partial charge in [0.1, 0.15) is 11.2 Å². The molecule has 58 valence electrons. The first-order chi connectivity index (χ1) is 4.79. The van der Waals surface area contributed by atoms with E-state index in [1.165, 1.54) is 0 Å². The summed E-state index contributed by atoms with van der Waals surface area (Å²) in [5.41, 5.74) is -0.441. The van der Waals surface area contributed by atoms with Gasteiger partial charge in [0, 0.05) is 0 Å². The fourth-order valence-corrected chi connectivity index (χ4v) is 1.59. The minimum atomic E-state index is -0.220. The van der Waals surface area contributed by atoms with Crippen LogP contribution >= 0.6 is 0 Å². The summed E-state index contributed by atoms with van der Waals surface area (Å²) in [4.78, 5) is 9.72. The highest BCUT2D eigenvalue weighted by molar-refractivity contribution is 5.19. The summed E-state index contributed by atoms with van der Waals surface area (Å²) in [6, 6.07) is 0. The molecule has 0 atom stereocenters. The maximum absolute atomic E-state index is 5.13. The van der Waals surface area contributed by atoms with Crippen molar-refractivity contribution in [3.63, 3.8) is 0 Å². The molecule has 0 aromatic carbocycles. The van der Waals surface area contributed by atoms with Crippen LogP contribution in [0.5, 0.6) is 0 Å². The van der Waals surface area contributed by atoms with Crippen LogP contribution in [-0.4, -0.2) is 11.2 Å². The van der Waals surface area contributed by atoms with Gasteiger partial charge in [0.15, 0.2) is 0 Å². The number of hydrogen-bond acceptors (Lipinski definition) is 4. The zero-order valence-corrected chi connectivity index (χ0v) is 5.80. The lowest BCUT2D eigenvalue weighted by Crippen LogP contribution is -2.39. The second-order valence-corrected chi connectivity index (χ2v) is 3.22. The molecule has 10 heavy (non-hydrogen) atoms. The van der Waals surface area contributed by atoms with Gasteiger partial charge in [-0.05, 0) is 25.7 Å². The molecule has 4 heteroatoms. The summed E-state index contributed by atoms with van der Waals surface area (Å²) < 4.78 is 0. The van der Waals surface area contributed by atoms with Gasteiger partial charge in [-0.1, -0.05) is 0 Å². The maximum atomic E-state index is 5.13. The molecule has 0 aromatic rings. The molecule has 2 rings (SSSR count). The Morgan fingerprint density at radius 1 is 0.800 bits per heavy atom. The zero-order chi connectivity index (χ0) is 7.24. The van der Waals surface area contributed by atoms with Crippen LogP contribution in [0.2, 0.25) is 0 Å². The van der Waals surface area contributed by atoms with E-state index in [1.54, 1.807) is 0 Å². The normalized spacial score (nSPS) is 31.8. The SMILES string of the molecule is NOC1(C2(ON)CC2)CC1. The molecule has 0 spiro atoms. The topological polar surface area (TPSA) is 70.5 Å². The van der Waals surface area contributed by atoms with Crippen molar-refractivity contribution in [2.24, 2.45) is 11.8 Å². The lowest BCUT2D eigenvalue weighted by molar-refractivity contribution is -0.111. The van der Waals surface area contributed by atoms with Crippen molar-refractivity contribution in [3.8, 4) is 0 Å². The van der Waals surface area contributed by atoms with Crippen LogP contribution in [0, 0.1) is 0 Å². The van der Waals surface area contributed by atoms with Gasteiger partial charge < -0.3 is 0 Å². The third kappa shape index (κ3) is 0.594. The van der Waals surface area contributed by atoms with Crippen LogP contribution in [0.1, 0.15) is 25.7 Å². The highest BCUT2D eigenvalue weighted by Crippen LogP contribution is 2.60. The van der Waals surface area contributed by atoms with Crippen molar-refractivity contribution in [1.82, 2.24) is 0 Å². The van der Waals surface area contributed by atoms with Crippen LogP contribution in [0.25, 0.3) is 0 Å². The Hall–Kier alpha value is -0.160. The van der Waals surface area contributed by atoms with E-state index in [4.69, 9.17) is 21.5 Å². The van der Waals surface area contributed by atoms with Crippen LogP contribution in [0.4, 0.5) is 0 Å². The van der Waals surface area contributed by atoms with Gasteiger partial charge >= 0.3 is 0 Å². The Morgan fingerprint density at radius 3 is 1.20 bits per heavy atom. The van der Waals surface area contributed by atoms with Gasteiger partial charge in [-0.2, -0.15) is 0 Å². The van der Waals surface area contributed by atoms with Crippen molar-refractivity contribution in [1.29, 1.82) is 0 Å². The zero-order valence-electron chi connectivity index (χ0n) is 5.80. The molecule has 4 nitrogen and oxygen atoms in total. The van der Waals surface area contributed by atoms with Crippen molar-refractivity contribution >= 4 is 0 Å². The molecular weight excluding hydrogens is 132 g/mol. The van der Waals surface area contributed by atoms with Gasteiger partial charge in [-0.3, -0.25) is 9.68 Å². The Labute approximate surface area is 59.4 Å². The second kappa shape index (κ2) is 1.71. The predicted molar refractivity (Wildman–Crippen MR) is 34.5 cm³/mol. The molecule has 0 bridgehead atoms. The highest BCUT2D eigenvalue weighted by atomic mass is 16.7. The van der Waals surface area contributed by atoms with E-state index >= 15 is 0 Å². The molecule has 2 aliphatic carbocycles.